The molecule has 0 saturated carbocycles. The molecule has 0 heterocycles. The predicted octanol–water partition coefficient (Wildman–Crippen LogP) is 5.54. The number of rotatable bonds is 3. The molecule has 0 amide bonds. The molecule has 0 fully saturated rings. The molecule has 0 aliphatic rings. The Morgan fingerprint density at radius 3 is 2.40 bits per heavy atom. The molecule has 0 aromatic heterocycles. The third-order valence-corrected chi connectivity index (χ3v) is 3.75. The van der Waals surface area contributed by atoms with E-state index in [4.69, 9.17) is 0 Å². The molecule has 98 valence electrons. The maximum Gasteiger partial charge on any atom is -0.00878 e. The molecule has 0 aliphatic carbocycles. The molecule has 0 N–H and O–H groups in total. The molecule has 0 aliphatic heterocycles. The molecule has 0 radical (unpaired) electrons. The minimum absolute atomic E-state index is 0.893. The van der Waals surface area contributed by atoms with Gasteiger partial charge in [-0.2, -0.15) is 0 Å². The maximum atomic E-state index is 3.91. The summed E-state index contributed by atoms with van der Waals surface area (Å²) in [5.74, 6) is 0. The van der Waals surface area contributed by atoms with Crippen LogP contribution in [0.5, 0.6) is 0 Å². The maximum absolute atomic E-state index is 3.91. The van der Waals surface area contributed by atoms with Gasteiger partial charge in [0.15, 0.2) is 0 Å². The van der Waals surface area contributed by atoms with Gasteiger partial charge in [0.25, 0.3) is 0 Å². The summed E-state index contributed by atoms with van der Waals surface area (Å²) in [7, 11) is 0. The van der Waals surface area contributed by atoms with E-state index in [1.54, 1.807) is 0 Å². The highest BCUT2D eigenvalue weighted by molar-refractivity contribution is 5.92. The summed E-state index contributed by atoms with van der Waals surface area (Å²) in [6, 6.07) is 21.7. The average molecular weight is 258 g/mol. The standard InChI is InChI=1S/C20H18/c1-3-6-20-18-8-5-4-7-16(18)13-14-19(20)17-11-9-15(2)10-12-17/h3-5,7-14H,1,6H2,2H3. The molecule has 0 unspecified atom stereocenters. The van der Waals surface area contributed by atoms with Gasteiger partial charge in [0.2, 0.25) is 0 Å². The second-order valence-electron chi connectivity index (χ2n) is 5.17. The van der Waals surface area contributed by atoms with Crippen molar-refractivity contribution in [2.24, 2.45) is 0 Å². The molecular weight excluding hydrogens is 240 g/mol. The van der Waals surface area contributed by atoms with Crippen LogP contribution in [0.3, 0.4) is 0 Å². The Hall–Kier alpha value is -2.34. The second kappa shape index (κ2) is 5.34. The zero-order valence-corrected chi connectivity index (χ0v) is 11.8. The van der Waals surface area contributed by atoms with Crippen LogP contribution in [0.2, 0.25) is 0 Å². The van der Waals surface area contributed by atoms with Crippen molar-refractivity contribution in [3.8, 4) is 11.1 Å². The van der Waals surface area contributed by atoms with E-state index in [-0.39, 0.29) is 0 Å². The van der Waals surface area contributed by atoms with Crippen molar-refractivity contribution in [2.45, 2.75) is 13.3 Å². The fourth-order valence-corrected chi connectivity index (χ4v) is 2.70. The highest BCUT2D eigenvalue weighted by Gasteiger charge is 2.08. The Bertz CT molecular complexity index is 749. The van der Waals surface area contributed by atoms with Crippen LogP contribution in [-0.2, 0) is 6.42 Å². The Labute approximate surface area is 120 Å². The van der Waals surface area contributed by atoms with Crippen LogP contribution in [0.15, 0.2) is 73.3 Å². The first-order valence-corrected chi connectivity index (χ1v) is 6.98. The summed E-state index contributed by atoms with van der Waals surface area (Å²) in [6.45, 7) is 6.03. The lowest BCUT2D eigenvalue weighted by molar-refractivity contribution is 1.31. The Balaban J connectivity index is 2.26. The summed E-state index contributed by atoms with van der Waals surface area (Å²) in [4.78, 5) is 0. The molecule has 3 aromatic carbocycles. The van der Waals surface area contributed by atoms with Crippen LogP contribution in [0.1, 0.15) is 11.1 Å². The normalized spacial score (nSPS) is 10.7. The first-order valence-electron chi connectivity index (χ1n) is 6.98. The molecule has 3 rings (SSSR count). The quantitative estimate of drug-likeness (QED) is 0.541. The van der Waals surface area contributed by atoms with Gasteiger partial charge < -0.3 is 0 Å². The highest BCUT2D eigenvalue weighted by atomic mass is 14.1. The summed E-state index contributed by atoms with van der Waals surface area (Å²) in [6.07, 6.45) is 2.88. The number of hydrogen-bond acceptors (Lipinski definition) is 0. The molecule has 0 spiro atoms. The lowest BCUT2D eigenvalue weighted by Crippen LogP contribution is -1.91. The van der Waals surface area contributed by atoms with E-state index >= 15 is 0 Å². The number of aryl methyl sites for hydroxylation is 1. The minimum atomic E-state index is 0.893. The van der Waals surface area contributed by atoms with Gasteiger partial charge in [-0.05, 0) is 40.8 Å². The van der Waals surface area contributed by atoms with Crippen molar-refractivity contribution in [2.75, 3.05) is 0 Å². The second-order valence-corrected chi connectivity index (χ2v) is 5.17. The largest absolute Gasteiger partial charge is 0.103 e. The van der Waals surface area contributed by atoms with Crippen LogP contribution >= 0.6 is 0 Å². The van der Waals surface area contributed by atoms with E-state index in [0.717, 1.165) is 6.42 Å². The van der Waals surface area contributed by atoms with Crippen molar-refractivity contribution in [1.82, 2.24) is 0 Å². The Morgan fingerprint density at radius 1 is 0.900 bits per heavy atom. The fourth-order valence-electron chi connectivity index (χ4n) is 2.70. The zero-order valence-electron chi connectivity index (χ0n) is 11.8. The summed E-state index contributed by atoms with van der Waals surface area (Å²) < 4.78 is 0. The number of fused-ring (bicyclic) bond motifs is 1. The monoisotopic (exact) mass is 258 g/mol. The van der Waals surface area contributed by atoms with Crippen LogP contribution < -0.4 is 0 Å². The predicted molar refractivity (Wildman–Crippen MR) is 88.0 cm³/mol. The van der Waals surface area contributed by atoms with Crippen LogP contribution in [-0.4, -0.2) is 0 Å². The third kappa shape index (κ3) is 2.25. The lowest BCUT2D eigenvalue weighted by Gasteiger charge is -2.12. The van der Waals surface area contributed by atoms with Gasteiger partial charge in [-0.1, -0.05) is 72.3 Å². The van der Waals surface area contributed by atoms with Gasteiger partial charge >= 0.3 is 0 Å². The minimum Gasteiger partial charge on any atom is -0.103 e. The molecule has 0 saturated heterocycles. The molecule has 0 atom stereocenters. The van der Waals surface area contributed by atoms with E-state index in [9.17, 15) is 0 Å². The van der Waals surface area contributed by atoms with Gasteiger partial charge in [-0.3, -0.25) is 0 Å². The zero-order chi connectivity index (χ0) is 13.9. The van der Waals surface area contributed by atoms with Gasteiger partial charge in [0.05, 0.1) is 0 Å². The van der Waals surface area contributed by atoms with Crippen molar-refractivity contribution in [3.05, 3.63) is 84.4 Å². The number of benzene rings is 3. The van der Waals surface area contributed by atoms with Crippen molar-refractivity contribution in [1.29, 1.82) is 0 Å². The van der Waals surface area contributed by atoms with Gasteiger partial charge in [-0.25, -0.2) is 0 Å². The van der Waals surface area contributed by atoms with E-state index in [1.165, 1.54) is 33.0 Å². The van der Waals surface area contributed by atoms with E-state index in [1.807, 2.05) is 6.08 Å². The molecule has 0 bridgehead atoms. The first-order chi connectivity index (χ1) is 9.79. The van der Waals surface area contributed by atoms with Crippen LogP contribution in [0.4, 0.5) is 0 Å². The fraction of sp³-hybridized carbons (Fsp3) is 0.100. The van der Waals surface area contributed by atoms with Gasteiger partial charge in [0.1, 0.15) is 0 Å². The molecule has 3 aromatic rings. The van der Waals surface area contributed by atoms with Crippen LogP contribution in [0.25, 0.3) is 21.9 Å². The summed E-state index contributed by atoms with van der Waals surface area (Å²) >= 11 is 0. The van der Waals surface area contributed by atoms with Crippen molar-refractivity contribution >= 4 is 10.8 Å². The smallest absolute Gasteiger partial charge is 0.00878 e. The SMILES string of the molecule is C=CCc1c(-c2ccc(C)cc2)ccc2ccccc12. The van der Waals surface area contributed by atoms with E-state index in [2.05, 4.69) is 74.2 Å². The molecule has 0 nitrogen and oxygen atoms in total. The van der Waals surface area contributed by atoms with E-state index < -0.39 is 0 Å². The highest BCUT2D eigenvalue weighted by Crippen LogP contribution is 2.31. The topological polar surface area (TPSA) is 0 Å². The Kier molecular flexibility index (Phi) is 3.39. The average Bonchev–Trinajstić information content (AvgIpc) is 2.49. The van der Waals surface area contributed by atoms with Crippen molar-refractivity contribution < 1.29 is 0 Å². The Morgan fingerprint density at radius 2 is 1.65 bits per heavy atom. The summed E-state index contributed by atoms with van der Waals surface area (Å²) in [5, 5.41) is 2.62. The number of allylic oxidation sites excluding steroid dienone is 1. The molecular formula is C20H18. The lowest BCUT2D eigenvalue weighted by atomic mass is 9.92. The van der Waals surface area contributed by atoms with Crippen molar-refractivity contribution in [3.63, 3.8) is 0 Å². The molecule has 0 heteroatoms. The number of hydrogen-bond donors (Lipinski definition) is 0. The van der Waals surface area contributed by atoms with Gasteiger partial charge in [0, 0.05) is 0 Å². The summed E-state index contributed by atoms with van der Waals surface area (Å²) in [5.41, 5.74) is 5.24. The van der Waals surface area contributed by atoms with Gasteiger partial charge in [-0.15, -0.1) is 6.58 Å². The molecule has 20 heavy (non-hydrogen) atoms. The first kappa shape index (κ1) is 12.7. The van der Waals surface area contributed by atoms with E-state index in [0.29, 0.717) is 0 Å². The van der Waals surface area contributed by atoms with Crippen LogP contribution in [0, 0.1) is 6.92 Å². The third-order valence-electron chi connectivity index (χ3n) is 3.75.